The van der Waals surface area contributed by atoms with Crippen molar-refractivity contribution >= 4 is 17.9 Å². The van der Waals surface area contributed by atoms with Crippen LogP contribution in [0.1, 0.15) is 316 Å². The van der Waals surface area contributed by atoms with Crippen LogP contribution in [0.2, 0.25) is 0 Å². The second-order valence-electron chi connectivity index (χ2n) is 22.0. The third kappa shape index (κ3) is 64.8. The molecule has 0 radical (unpaired) electrons. The molecule has 0 saturated heterocycles. The van der Waals surface area contributed by atoms with Crippen LogP contribution in [0.25, 0.3) is 0 Å². The Kier molecular flexibility index (Phi) is 63.3. The molecule has 452 valence electrons. The summed E-state index contributed by atoms with van der Waals surface area (Å²) < 4.78 is 16.9. The normalized spacial score (nSPS) is 12.8. The first kappa shape index (κ1) is 75.1. The van der Waals surface area contributed by atoms with Crippen LogP contribution in [-0.4, -0.2) is 37.2 Å². The molecular formula is C73H124O6. The van der Waals surface area contributed by atoms with E-state index < -0.39 is 6.10 Å². The fourth-order valence-electron chi connectivity index (χ4n) is 9.30. The number of hydrogen-bond donors (Lipinski definition) is 0. The quantitative estimate of drug-likeness (QED) is 0.0261. The van der Waals surface area contributed by atoms with Crippen LogP contribution in [0.3, 0.4) is 0 Å². The van der Waals surface area contributed by atoms with Crippen LogP contribution in [0.5, 0.6) is 0 Å². The Hall–Kier alpha value is -3.93. The third-order valence-electron chi connectivity index (χ3n) is 14.2. The molecule has 6 nitrogen and oxygen atoms in total. The smallest absolute Gasteiger partial charge is 0.306 e. The number of unbranched alkanes of at least 4 members (excludes halogenated alkanes) is 31. The first-order valence-electron chi connectivity index (χ1n) is 33.4. The summed E-state index contributed by atoms with van der Waals surface area (Å²) in [5.74, 6) is -0.925. The first-order valence-corrected chi connectivity index (χ1v) is 33.4. The molecule has 0 saturated carbocycles. The van der Waals surface area contributed by atoms with Crippen molar-refractivity contribution in [2.45, 2.75) is 322 Å². The van der Waals surface area contributed by atoms with Gasteiger partial charge in [0.1, 0.15) is 13.2 Å². The van der Waals surface area contributed by atoms with Crippen LogP contribution in [0.4, 0.5) is 0 Å². The van der Waals surface area contributed by atoms with Crippen LogP contribution < -0.4 is 0 Å². The summed E-state index contributed by atoms with van der Waals surface area (Å²) in [6.45, 7) is 6.40. The summed E-state index contributed by atoms with van der Waals surface area (Å²) in [6, 6.07) is 0. The van der Waals surface area contributed by atoms with Gasteiger partial charge in [-0.25, -0.2) is 0 Å². The highest BCUT2D eigenvalue weighted by Gasteiger charge is 2.19. The van der Waals surface area contributed by atoms with Gasteiger partial charge in [0.05, 0.1) is 0 Å². The molecular weight excluding hydrogens is 973 g/mol. The largest absolute Gasteiger partial charge is 0.462 e. The zero-order valence-corrected chi connectivity index (χ0v) is 51.9. The summed E-state index contributed by atoms with van der Waals surface area (Å²) in [7, 11) is 0. The van der Waals surface area contributed by atoms with E-state index in [1.165, 1.54) is 154 Å². The van der Waals surface area contributed by atoms with Gasteiger partial charge >= 0.3 is 17.9 Å². The highest BCUT2D eigenvalue weighted by Crippen LogP contribution is 2.16. The Morgan fingerprint density at radius 1 is 0.266 bits per heavy atom. The molecule has 0 spiro atoms. The van der Waals surface area contributed by atoms with Crippen molar-refractivity contribution in [3.05, 3.63) is 109 Å². The summed E-state index contributed by atoms with van der Waals surface area (Å²) in [5.41, 5.74) is 0. The van der Waals surface area contributed by atoms with Crippen LogP contribution in [-0.2, 0) is 28.6 Å². The molecule has 0 heterocycles. The second-order valence-corrected chi connectivity index (χ2v) is 22.0. The van der Waals surface area contributed by atoms with Crippen molar-refractivity contribution in [2.24, 2.45) is 0 Å². The number of carbonyl (C=O) groups excluding carboxylic acids is 3. The van der Waals surface area contributed by atoms with Crippen LogP contribution >= 0.6 is 0 Å². The zero-order valence-electron chi connectivity index (χ0n) is 51.9. The van der Waals surface area contributed by atoms with E-state index >= 15 is 0 Å². The van der Waals surface area contributed by atoms with Crippen LogP contribution in [0, 0.1) is 0 Å². The highest BCUT2D eigenvalue weighted by molar-refractivity contribution is 5.71. The van der Waals surface area contributed by atoms with E-state index in [0.717, 1.165) is 122 Å². The number of hydrogen-bond acceptors (Lipinski definition) is 6. The summed E-state index contributed by atoms with van der Waals surface area (Å²) >= 11 is 0. The van der Waals surface area contributed by atoms with Crippen LogP contribution in [0.15, 0.2) is 109 Å². The number of carbonyl (C=O) groups is 3. The van der Waals surface area contributed by atoms with E-state index in [1.54, 1.807) is 0 Å². The van der Waals surface area contributed by atoms with E-state index in [1.807, 2.05) is 0 Å². The van der Waals surface area contributed by atoms with Crippen molar-refractivity contribution in [2.75, 3.05) is 13.2 Å². The van der Waals surface area contributed by atoms with E-state index in [2.05, 4.69) is 130 Å². The molecule has 0 aromatic rings. The predicted molar refractivity (Wildman–Crippen MR) is 343 cm³/mol. The molecule has 1 unspecified atom stereocenters. The number of ether oxygens (including phenoxy) is 3. The molecule has 0 amide bonds. The molecule has 1 atom stereocenters. The number of allylic oxidation sites excluding steroid dienone is 18. The molecule has 0 N–H and O–H groups in total. The van der Waals surface area contributed by atoms with Gasteiger partial charge in [-0.05, 0) is 122 Å². The van der Waals surface area contributed by atoms with Gasteiger partial charge in [0.15, 0.2) is 6.10 Å². The molecule has 0 aliphatic rings. The number of rotatable bonds is 60. The first-order chi connectivity index (χ1) is 39.0. The van der Waals surface area contributed by atoms with Crippen molar-refractivity contribution in [3.63, 3.8) is 0 Å². The van der Waals surface area contributed by atoms with E-state index in [-0.39, 0.29) is 31.1 Å². The van der Waals surface area contributed by atoms with Gasteiger partial charge < -0.3 is 14.2 Å². The zero-order chi connectivity index (χ0) is 57.1. The average molecular weight is 1100 g/mol. The van der Waals surface area contributed by atoms with Gasteiger partial charge in [0.25, 0.3) is 0 Å². The minimum Gasteiger partial charge on any atom is -0.462 e. The maximum absolute atomic E-state index is 12.9. The SMILES string of the molecule is CC/C=C\C/C=C\C/C=C\C/C=C\C/C=C\CCCCCCCCCC(=O)OC(COC(=O)CCCCC/C=C\C/C=C\C/C=C\CC)COC(=O)CCCCCCCCCCCCCCC/C=C\CCCCCCCCCC. The Labute approximate surface area is 489 Å². The fourth-order valence-corrected chi connectivity index (χ4v) is 9.30. The lowest BCUT2D eigenvalue weighted by atomic mass is 10.0. The summed E-state index contributed by atoms with van der Waals surface area (Å²) in [6.07, 6.45) is 91.1. The molecule has 0 aromatic heterocycles. The van der Waals surface area contributed by atoms with Gasteiger partial charge in [-0.2, -0.15) is 0 Å². The Bertz CT molecular complexity index is 1590. The Morgan fingerprint density at radius 2 is 0.494 bits per heavy atom. The third-order valence-corrected chi connectivity index (χ3v) is 14.2. The van der Waals surface area contributed by atoms with Crippen molar-refractivity contribution < 1.29 is 28.6 Å². The lowest BCUT2D eigenvalue weighted by Gasteiger charge is -2.18. The topological polar surface area (TPSA) is 78.9 Å². The van der Waals surface area contributed by atoms with E-state index in [9.17, 15) is 14.4 Å². The van der Waals surface area contributed by atoms with Crippen molar-refractivity contribution in [1.29, 1.82) is 0 Å². The maximum Gasteiger partial charge on any atom is 0.306 e. The summed E-state index contributed by atoms with van der Waals surface area (Å²) in [4.78, 5) is 38.3. The molecule has 79 heavy (non-hydrogen) atoms. The van der Waals surface area contributed by atoms with E-state index in [0.29, 0.717) is 19.3 Å². The minimum absolute atomic E-state index is 0.0920. The highest BCUT2D eigenvalue weighted by atomic mass is 16.6. The van der Waals surface area contributed by atoms with Gasteiger partial charge in [-0.15, -0.1) is 0 Å². The second kappa shape index (κ2) is 66.6. The monoisotopic (exact) mass is 1100 g/mol. The van der Waals surface area contributed by atoms with Gasteiger partial charge in [-0.3, -0.25) is 14.4 Å². The molecule has 6 heteroatoms. The minimum atomic E-state index is -0.799. The summed E-state index contributed by atoms with van der Waals surface area (Å²) in [5, 5.41) is 0. The molecule has 0 fully saturated rings. The fraction of sp³-hybridized carbons (Fsp3) is 0.712. The molecule has 0 rings (SSSR count). The maximum atomic E-state index is 12.9. The van der Waals surface area contributed by atoms with Crippen molar-refractivity contribution in [1.82, 2.24) is 0 Å². The van der Waals surface area contributed by atoms with E-state index in [4.69, 9.17) is 14.2 Å². The Balaban J connectivity index is 4.34. The predicted octanol–water partition coefficient (Wildman–Crippen LogP) is 23.0. The average Bonchev–Trinajstić information content (AvgIpc) is 3.45. The standard InChI is InChI=1S/C73H124O6/c1-4-7-10-13-16-19-22-25-27-29-31-33-35-36-38-39-41-43-45-48-51-54-57-60-63-66-72(75)78-69-70(68-77-71(74)65-62-59-56-53-50-47-24-21-18-15-12-9-6-3)79-73(76)67-64-61-58-55-52-49-46-44-42-40-37-34-32-30-28-26-23-20-17-14-11-8-5-2/h8-9,11-12,17-18,20-21,26,28-29,31-32,34,40,42,47,50,70H,4-7,10,13-16,19,22-25,27,30,33,35-39,41,43-46,48-49,51-69H2,1-3H3/b11-8-,12-9-,20-17-,21-18-,28-26-,31-29-,34-32-,42-40-,50-47-. The molecule has 0 aliphatic carbocycles. The Morgan fingerprint density at radius 3 is 0.797 bits per heavy atom. The molecule has 0 aromatic carbocycles. The molecule has 0 aliphatic heterocycles. The lowest BCUT2D eigenvalue weighted by Crippen LogP contribution is -2.30. The molecule has 0 bridgehead atoms. The van der Waals surface area contributed by atoms with Crippen molar-refractivity contribution in [3.8, 4) is 0 Å². The lowest BCUT2D eigenvalue weighted by molar-refractivity contribution is -0.167. The van der Waals surface area contributed by atoms with Gasteiger partial charge in [0.2, 0.25) is 0 Å². The van der Waals surface area contributed by atoms with Gasteiger partial charge in [0, 0.05) is 19.3 Å². The van der Waals surface area contributed by atoms with Gasteiger partial charge in [-0.1, -0.05) is 284 Å². The number of esters is 3.